The fourth-order valence-electron chi connectivity index (χ4n) is 1.02. The molecular formula is C8H11N3O2. The summed E-state index contributed by atoms with van der Waals surface area (Å²) >= 11 is 0. The maximum atomic E-state index is 10.6. The Kier molecular flexibility index (Phi) is 2.92. The predicted octanol–water partition coefficient (Wildman–Crippen LogP) is -0.695. The summed E-state index contributed by atoms with van der Waals surface area (Å²) in [6, 6.07) is 1.66. The lowest BCUT2D eigenvalue weighted by Gasteiger charge is -2.01. The van der Waals surface area contributed by atoms with Crippen LogP contribution in [0.25, 0.3) is 0 Å². The smallest absolute Gasteiger partial charge is 0.225 e. The largest absolute Gasteiger partial charge is 0.390 e. The van der Waals surface area contributed by atoms with Crippen molar-refractivity contribution in [1.82, 2.24) is 9.97 Å². The second kappa shape index (κ2) is 3.95. The maximum absolute atomic E-state index is 10.6. The topological polar surface area (TPSA) is 89.1 Å². The van der Waals surface area contributed by atoms with Gasteiger partial charge in [0.1, 0.15) is 5.82 Å². The van der Waals surface area contributed by atoms with Gasteiger partial charge in [-0.1, -0.05) is 0 Å². The molecule has 0 spiro atoms. The summed E-state index contributed by atoms with van der Waals surface area (Å²) < 4.78 is 0. The average molecular weight is 181 g/mol. The van der Waals surface area contributed by atoms with Gasteiger partial charge >= 0.3 is 0 Å². The zero-order valence-corrected chi connectivity index (χ0v) is 7.32. The first-order chi connectivity index (χ1) is 6.11. The standard InChI is InChI=1S/C8H11N3O2/c1-5-2-6(4-12)11-8(10-5)3-7(9)13/h2,12H,3-4H2,1H3,(H2,9,13). The first-order valence-corrected chi connectivity index (χ1v) is 3.84. The van der Waals surface area contributed by atoms with Gasteiger partial charge in [-0.15, -0.1) is 0 Å². The summed E-state index contributed by atoms with van der Waals surface area (Å²) in [7, 11) is 0. The Morgan fingerprint density at radius 2 is 2.31 bits per heavy atom. The maximum Gasteiger partial charge on any atom is 0.225 e. The number of amides is 1. The first-order valence-electron chi connectivity index (χ1n) is 3.84. The van der Waals surface area contributed by atoms with Crippen molar-refractivity contribution in [2.45, 2.75) is 20.0 Å². The van der Waals surface area contributed by atoms with E-state index in [4.69, 9.17) is 10.8 Å². The predicted molar refractivity (Wildman–Crippen MR) is 45.6 cm³/mol. The molecule has 0 fully saturated rings. The number of primary amides is 1. The Hall–Kier alpha value is -1.49. The minimum Gasteiger partial charge on any atom is -0.390 e. The summed E-state index contributed by atoms with van der Waals surface area (Å²) in [6.45, 7) is 1.61. The van der Waals surface area contributed by atoms with Crippen molar-refractivity contribution in [1.29, 1.82) is 0 Å². The van der Waals surface area contributed by atoms with E-state index in [0.717, 1.165) is 5.69 Å². The monoisotopic (exact) mass is 181 g/mol. The molecule has 0 bridgehead atoms. The summed E-state index contributed by atoms with van der Waals surface area (Å²) in [6.07, 6.45) is 0.00861. The highest BCUT2D eigenvalue weighted by Gasteiger charge is 2.04. The van der Waals surface area contributed by atoms with Crippen molar-refractivity contribution in [2.24, 2.45) is 5.73 Å². The lowest BCUT2D eigenvalue weighted by Crippen LogP contribution is -2.16. The van der Waals surface area contributed by atoms with Crippen LogP contribution in [0, 0.1) is 6.92 Å². The number of nitrogens with two attached hydrogens (primary N) is 1. The second-order valence-electron chi connectivity index (χ2n) is 2.72. The van der Waals surface area contributed by atoms with Crippen molar-refractivity contribution in [3.8, 4) is 0 Å². The summed E-state index contributed by atoms with van der Waals surface area (Å²) in [4.78, 5) is 18.5. The highest BCUT2D eigenvalue weighted by Crippen LogP contribution is 2.00. The SMILES string of the molecule is Cc1cc(CO)nc(CC(N)=O)n1. The van der Waals surface area contributed by atoms with Gasteiger partial charge in [0.2, 0.25) is 5.91 Å². The Bertz CT molecular complexity index is 325. The lowest BCUT2D eigenvalue weighted by molar-refractivity contribution is -0.117. The molecule has 0 aliphatic heterocycles. The van der Waals surface area contributed by atoms with Crippen molar-refractivity contribution < 1.29 is 9.90 Å². The molecule has 0 aliphatic rings. The third-order valence-electron chi connectivity index (χ3n) is 1.45. The van der Waals surface area contributed by atoms with Gasteiger partial charge in [-0.2, -0.15) is 0 Å². The highest BCUT2D eigenvalue weighted by molar-refractivity contribution is 5.75. The summed E-state index contributed by atoms with van der Waals surface area (Å²) in [5.41, 5.74) is 6.21. The molecule has 0 saturated heterocycles. The Balaban J connectivity index is 2.94. The molecule has 1 aromatic rings. The minimum absolute atomic E-state index is 0.00861. The molecule has 5 heteroatoms. The Morgan fingerprint density at radius 1 is 1.62 bits per heavy atom. The molecule has 0 unspecified atom stereocenters. The lowest BCUT2D eigenvalue weighted by atomic mass is 10.3. The quantitative estimate of drug-likeness (QED) is 0.645. The molecule has 13 heavy (non-hydrogen) atoms. The van der Waals surface area contributed by atoms with Crippen LogP contribution in [0.2, 0.25) is 0 Å². The van der Waals surface area contributed by atoms with Crippen LogP contribution in [-0.4, -0.2) is 21.0 Å². The van der Waals surface area contributed by atoms with Gasteiger partial charge in [0.05, 0.1) is 18.7 Å². The van der Waals surface area contributed by atoms with Crippen LogP contribution < -0.4 is 5.73 Å². The molecule has 1 aromatic heterocycles. The fraction of sp³-hybridized carbons (Fsp3) is 0.375. The van der Waals surface area contributed by atoms with Gasteiger partial charge in [0, 0.05) is 5.69 Å². The van der Waals surface area contributed by atoms with E-state index >= 15 is 0 Å². The van der Waals surface area contributed by atoms with Crippen molar-refractivity contribution in [2.75, 3.05) is 0 Å². The van der Waals surface area contributed by atoms with Crippen LogP contribution in [0.4, 0.5) is 0 Å². The molecule has 1 heterocycles. The highest BCUT2D eigenvalue weighted by atomic mass is 16.3. The minimum atomic E-state index is -0.477. The van der Waals surface area contributed by atoms with Gasteiger partial charge in [-0.3, -0.25) is 4.79 Å². The number of carbonyl (C=O) groups excluding carboxylic acids is 1. The van der Waals surface area contributed by atoms with Gasteiger partial charge in [-0.25, -0.2) is 9.97 Å². The number of hydrogen-bond acceptors (Lipinski definition) is 4. The second-order valence-corrected chi connectivity index (χ2v) is 2.72. The van der Waals surface area contributed by atoms with Gasteiger partial charge in [0.25, 0.3) is 0 Å². The van der Waals surface area contributed by atoms with Crippen molar-refractivity contribution >= 4 is 5.91 Å². The molecule has 0 radical (unpaired) electrons. The van der Waals surface area contributed by atoms with Crippen LogP contribution in [-0.2, 0) is 17.8 Å². The summed E-state index contributed by atoms with van der Waals surface area (Å²) in [5.74, 6) is -0.119. The number of aliphatic hydroxyl groups is 1. The molecule has 1 rings (SSSR count). The van der Waals surface area contributed by atoms with Crippen LogP contribution in [0.3, 0.4) is 0 Å². The number of aliphatic hydroxyl groups excluding tert-OH is 1. The van der Waals surface area contributed by atoms with E-state index in [2.05, 4.69) is 9.97 Å². The third-order valence-corrected chi connectivity index (χ3v) is 1.45. The Labute approximate surface area is 75.6 Å². The van der Waals surface area contributed by atoms with Gasteiger partial charge < -0.3 is 10.8 Å². The molecular weight excluding hydrogens is 170 g/mol. The molecule has 0 aliphatic carbocycles. The van der Waals surface area contributed by atoms with E-state index in [1.54, 1.807) is 13.0 Å². The molecule has 1 amide bonds. The van der Waals surface area contributed by atoms with E-state index in [1.807, 2.05) is 0 Å². The summed E-state index contributed by atoms with van der Waals surface area (Å²) in [5, 5.41) is 8.81. The number of aromatic nitrogens is 2. The van der Waals surface area contributed by atoms with Crippen LogP contribution in [0.1, 0.15) is 17.2 Å². The van der Waals surface area contributed by atoms with E-state index in [-0.39, 0.29) is 13.0 Å². The van der Waals surface area contributed by atoms with Crippen molar-refractivity contribution in [3.05, 3.63) is 23.3 Å². The van der Waals surface area contributed by atoms with Crippen LogP contribution in [0.5, 0.6) is 0 Å². The molecule has 0 saturated carbocycles. The first kappa shape index (κ1) is 9.60. The van der Waals surface area contributed by atoms with E-state index < -0.39 is 5.91 Å². The van der Waals surface area contributed by atoms with E-state index in [1.165, 1.54) is 0 Å². The molecule has 3 N–H and O–H groups in total. The normalized spacial score (nSPS) is 10.0. The molecule has 0 aromatic carbocycles. The zero-order chi connectivity index (χ0) is 9.84. The van der Waals surface area contributed by atoms with E-state index in [0.29, 0.717) is 11.5 Å². The number of aryl methyl sites for hydroxylation is 1. The fourth-order valence-corrected chi connectivity index (χ4v) is 1.02. The number of carbonyl (C=O) groups is 1. The van der Waals surface area contributed by atoms with Gasteiger partial charge in [0.15, 0.2) is 0 Å². The van der Waals surface area contributed by atoms with Crippen molar-refractivity contribution in [3.63, 3.8) is 0 Å². The molecule has 0 atom stereocenters. The molecule has 5 nitrogen and oxygen atoms in total. The molecule has 70 valence electrons. The van der Waals surface area contributed by atoms with Crippen LogP contribution in [0.15, 0.2) is 6.07 Å². The Morgan fingerprint density at radius 3 is 2.85 bits per heavy atom. The van der Waals surface area contributed by atoms with E-state index in [9.17, 15) is 4.79 Å². The average Bonchev–Trinajstić information content (AvgIpc) is 2.01. The number of rotatable bonds is 3. The van der Waals surface area contributed by atoms with Crippen LogP contribution >= 0.6 is 0 Å². The third kappa shape index (κ3) is 2.79. The number of nitrogens with zero attached hydrogens (tertiary/aromatic N) is 2. The zero-order valence-electron chi connectivity index (χ0n) is 7.32. The number of hydrogen-bond donors (Lipinski definition) is 2. The van der Waals surface area contributed by atoms with Gasteiger partial charge in [-0.05, 0) is 13.0 Å².